The first-order valence-electron chi connectivity index (χ1n) is 20.5. The highest BCUT2D eigenvalue weighted by atomic mass is 16.8. The van der Waals surface area contributed by atoms with Crippen LogP contribution in [0.4, 0.5) is 0 Å². The Balaban J connectivity index is 1.75. The monoisotopic (exact) mass is 850 g/mol. The van der Waals surface area contributed by atoms with Crippen LogP contribution >= 0.6 is 0 Å². The normalized spacial score (nSPS) is 35.5. The number of ether oxygens (including phenoxy) is 11. The van der Waals surface area contributed by atoms with Crippen LogP contribution in [-0.2, 0) is 76.1 Å². The minimum absolute atomic E-state index is 0.0614. The molecule has 0 aliphatic carbocycles. The Morgan fingerprint density at radius 2 is 1.45 bits per heavy atom. The van der Waals surface area contributed by atoms with Crippen molar-refractivity contribution in [1.82, 2.24) is 0 Å². The second kappa shape index (κ2) is 19.7. The Morgan fingerprint density at radius 3 is 2.00 bits per heavy atom. The van der Waals surface area contributed by atoms with E-state index in [2.05, 4.69) is 0 Å². The van der Waals surface area contributed by atoms with Crippen LogP contribution in [0, 0.1) is 10.8 Å². The lowest BCUT2D eigenvalue weighted by Crippen LogP contribution is -2.63. The van der Waals surface area contributed by atoms with Crippen molar-refractivity contribution in [3.63, 3.8) is 0 Å². The number of esters is 4. The summed E-state index contributed by atoms with van der Waals surface area (Å²) in [6.07, 6.45) is 4.00. The number of hydrogen-bond donors (Lipinski definition) is 0. The average Bonchev–Trinajstić information content (AvgIpc) is 3.42. The summed E-state index contributed by atoms with van der Waals surface area (Å²) < 4.78 is 66.7. The molecule has 0 aromatic carbocycles. The zero-order valence-electron chi connectivity index (χ0n) is 37.5. The Labute approximate surface area is 353 Å². The van der Waals surface area contributed by atoms with Gasteiger partial charge in [0.15, 0.2) is 17.7 Å². The van der Waals surface area contributed by atoms with Crippen LogP contribution in [0.25, 0.3) is 0 Å². The third-order valence-corrected chi connectivity index (χ3v) is 12.1. The van der Waals surface area contributed by atoms with Crippen molar-refractivity contribution in [2.75, 3.05) is 28.4 Å². The smallest absolute Gasteiger partial charge is 0.330 e. The van der Waals surface area contributed by atoms with E-state index in [1.807, 2.05) is 60.6 Å². The number of carbonyl (C=O) groups is 5. The molecular formula is C44H66O16. The van der Waals surface area contributed by atoms with Gasteiger partial charge in [0.25, 0.3) is 0 Å². The van der Waals surface area contributed by atoms with Gasteiger partial charge in [0.05, 0.1) is 56.3 Å². The standard InChI is InChI=1S/C44H66O16/c1-26-35(60-42(8,9)57-26)23-33-21-30(22-38(49)51-11)39(55-28(3)47)44(53-13,59-33)40(4,5)16-14-31-18-29(20-37(48)50-10)19-34(56-31)25-43(52-12)41(6,7)36(54-27(2)46)24-32(58-43)15-17-45/h14,16-17,20,22,26,31-36,39H,15,18-19,21,23-25H2,1-13H3/b16-14+,29-20+,30-22+/t26-,31+,32-,33?,34+,35-,36+,39+,43+,44-/m1/s1. The van der Waals surface area contributed by atoms with Crippen LogP contribution in [0.5, 0.6) is 0 Å². The maximum atomic E-state index is 12.8. The molecule has 0 aromatic rings. The Morgan fingerprint density at radius 1 is 0.800 bits per heavy atom. The van der Waals surface area contributed by atoms with E-state index < -0.39 is 88.7 Å². The molecule has 4 heterocycles. The molecular weight excluding hydrogens is 784 g/mol. The highest BCUT2D eigenvalue weighted by Gasteiger charge is 2.61. The van der Waals surface area contributed by atoms with Crippen molar-refractivity contribution in [3.8, 4) is 0 Å². The molecule has 0 aromatic heterocycles. The molecule has 1 unspecified atom stereocenters. The van der Waals surface area contributed by atoms with Crippen molar-refractivity contribution in [1.29, 1.82) is 0 Å². The molecule has 0 spiro atoms. The van der Waals surface area contributed by atoms with E-state index >= 15 is 0 Å². The summed E-state index contributed by atoms with van der Waals surface area (Å²) in [4.78, 5) is 62.1. The van der Waals surface area contributed by atoms with Gasteiger partial charge in [-0.15, -0.1) is 0 Å². The predicted octanol–water partition coefficient (Wildman–Crippen LogP) is 5.38. The van der Waals surface area contributed by atoms with E-state index in [-0.39, 0.29) is 31.5 Å². The molecule has 0 radical (unpaired) electrons. The second-order valence-electron chi connectivity index (χ2n) is 17.6. The zero-order valence-corrected chi connectivity index (χ0v) is 37.5. The van der Waals surface area contributed by atoms with Crippen molar-refractivity contribution in [2.45, 2.75) is 173 Å². The topological polar surface area (TPSA) is 187 Å². The van der Waals surface area contributed by atoms with Crippen LogP contribution in [0.1, 0.15) is 107 Å². The van der Waals surface area contributed by atoms with Gasteiger partial charge >= 0.3 is 23.9 Å². The third-order valence-electron chi connectivity index (χ3n) is 12.1. The summed E-state index contributed by atoms with van der Waals surface area (Å²) in [5.74, 6) is -6.16. The molecule has 4 aliphatic heterocycles. The number of methoxy groups -OCH3 is 4. The quantitative estimate of drug-likeness (QED) is 0.0672. The molecule has 4 aliphatic rings. The van der Waals surface area contributed by atoms with Gasteiger partial charge in [0.2, 0.25) is 5.79 Å². The minimum atomic E-state index is -1.70. The zero-order chi connectivity index (χ0) is 44.8. The van der Waals surface area contributed by atoms with Gasteiger partial charge in [-0.05, 0) is 45.6 Å². The molecule has 10 atom stereocenters. The molecule has 4 saturated heterocycles. The number of hydrogen-bond acceptors (Lipinski definition) is 16. The SMILES string of the molecule is COC(=O)/C=C1/C[C@@H](C[C@]2(OC)O[C@H](CC=O)C[C@H](OC(C)=O)C2(C)C)O[C@@H](/C=C/C(C)(C)[C@]2(OC)OC(C[C@H]3OC(C)(C)O[C@@H]3C)C/C(=C\C(=O)OC)[C@@H]2OC(C)=O)C1. The summed E-state index contributed by atoms with van der Waals surface area (Å²) in [6, 6.07) is 0. The predicted molar refractivity (Wildman–Crippen MR) is 214 cm³/mol. The summed E-state index contributed by atoms with van der Waals surface area (Å²) >= 11 is 0. The fraction of sp³-hybridized carbons (Fsp3) is 0.750. The fourth-order valence-corrected chi connectivity index (χ4v) is 9.10. The molecule has 0 bridgehead atoms. The Bertz CT molecular complexity index is 1660. The minimum Gasteiger partial charge on any atom is -0.466 e. The second-order valence-corrected chi connectivity index (χ2v) is 17.6. The van der Waals surface area contributed by atoms with Gasteiger partial charge in [-0.2, -0.15) is 0 Å². The third kappa shape index (κ3) is 11.1. The fourth-order valence-electron chi connectivity index (χ4n) is 9.10. The largest absolute Gasteiger partial charge is 0.466 e. The molecule has 338 valence electrons. The summed E-state index contributed by atoms with van der Waals surface area (Å²) in [6.45, 7) is 15.7. The molecule has 0 saturated carbocycles. The molecule has 0 N–H and O–H groups in total. The molecule has 16 heteroatoms. The maximum Gasteiger partial charge on any atom is 0.330 e. The molecule has 60 heavy (non-hydrogen) atoms. The van der Waals surface area contributed by atoms with E-state index in [0.717, 1.165) is 11.9 Å². The van der Waals surface area contributed by atoms with Gasteiger partial charge in [-0.3, -0.25) is 9.59 Å². The van der Waals surface area contributed by atoms with E-state index in [1.54, 1.807) is 0 Å². The van der Waals surface area contributed by atoms with Crippen LogP contribution in [0.2, 0.25) is 0 Å². The van der Waals surface area contributed by atoms with E-state index in [9.17, 15) is 24.0 Å². The molecule has 4 rings (SSSR count). The average molecular weight is 851 g/mol. The lowest BCUT2D eigenvalue weighted by atomic mass is 9.70. The molecule has 16 nitrogen and oxygen atoms in total. The van der Waals surface area contributed by atoms with Gasteiger partial charge in [-0.25, -0.2) is 9.59 Å². The van der Waals surface area contributed by atoms with Crippen LogP contribution in [0.3, 0.4) is 0 Å². The maximum absolute atomic E-state index is 12.8. The van der Waals surface area contributed by atoms with Crippen molar-refractivity contribution < 1.29 is 76.1 Å². The highest BCUT2D eigenvalue weighted by Crippen LogP contribution is 2.52. The van der Waals surface area contributed by atoms with Crippen LogP contribution in [-0.4, -0.2) is 125 Å². The Kier molecular flexibility index (Phi) is 16.1. The van der Waals surface area contributed by atoms with Crippen LogP contribution < -0.4 is 0 Å². The van der Waals surface area contributed by atoms with Gasteiger partial charge in [-0.1, -0.05) is 45.4 Å². The van der Waals surface area contributed by atoms with Gasteiger partial charge in [0.1, 0.15) is 12.4 Å². The summed E-state index contributed by atoms with van der Waals surface area (Å²) in [7, 11) is 5.51. The van der Waals surface area contributed by atoms with Crippen LogP contribution in [0.15, 0.2) is 35.5 Å². The first kappa shape index (κ1) is 49.1. The number of carbonyl (C=O) groups excluding carboxylic acids is 5. The van der Waals surface area contributed by atoms with Crippen molar-refractivity contribution in [3.05, 3.63) is 35.5 Å². The lowest BCUT2D eigenvalue weighted by molar-refractivity contribution is -0.355. The summed E-state index contributed by atoms with van der Waals surface area (Å²) in [5.41, 5.74) is -0.854. The highest BCUT2D eigenvalue weighted by molar-refractivity contribution is 5.83. The van der Waals surface area contributed by atoms with Gasteiger partial charge in [0, 0.05) is 71.3 Å². The first-order chi connectivity index (χ1) is 28.0. The van der Waals surface area contributed by atoms with Gasteiger partial charge < -0.3 is 56.9 Å². The number of rotatable bonds is 15. The Hall–Kier alpha value is -3.51. The number of aldehydes is 1. The van der Waals surface area contributed by atoms with Crippen molar-refractivity contribution in [2.24, 2.45) is 10.8 Å². The summed E-state index contributed by atoms with van der Waals surface area (Å²) in [5, 5.41) is 0. The van der Waals surface area contributed by atoms with E-state index in [0.29, 0.717) is 31.3 Å². The molecule has 4 fully saturated rings. The van der Waals surface area contributed by atoms with E-state index in [4.69, 9.17) is 52.1 Å². The lowest BCUT2D eigenvalue weighted by Gasteiger charge is -2.55. The van der Waals surface area contributed by atoms with E-state index in [1.165, 1.54) is 54.4 Å². The first-order valence-corrected chi connectivity index (χ1v) is 20.5. The molecule has 0 amide bonds. The van der Waals surface area contributed by atoms with Crippen molar-refractivity contribution >= 4 is 30.2 Å².